The van der Waals surface area contributed by atoms with Crippen molar-refractivity contribution in [2.75, 3.05) is 19.0 Å². The lowest BCUT2D eigenvalue weighted by atomic mass is 10.2. The predicted molar refractivity (Wildman–Crippen MR) is 104 cm³/mol. The van der Waals surface area contributed by atoms with Crippen molar-refractivity contribution in [2.24, 2.45) is 0 Å². The van der Waals surface area contributed by atoms with Gasteiger partial charge in [0.15, 0.2) is 4.34 Å². The van der Waals surface area contributed by atoms with Crippen molar-refractivity contribution in [3.8, 4) is 0 Å². The Morgan fingerprint density at radius 1 is 1.22 bits per heavy atom. The van der Waals surface area contributed by atoms with Gasteiger partial charge in [-0.15, -0.1) is 10.2 Å². The van der Waals surface area contributed by atoms with Gasteiger partial charge in [0.25, 0.3) is 11.5 Å². The maximum Gasteiger partial charge on any atom is 0.277 e. The monoisotopic (exact) mass is 403 g/mol. The van der Waals surface area contributed by atoms with Gasteiger partial charge in [-0.25, -0.2) is 4.68 Å². The third kappa shape index (κ3) is 5.46. The number of methoxy groups -OCH3 is 1. The van der Waals surface area contributed by atoms with E-state index < -0.39 is 5.91 Å². The van der Waals surface area contributed by atoms with Crippen molar-refractivity contribution < 1.29 is 9.53 Å². The highest BCUT2D eigenvalue weighted by Gasteiger charge is 2.13. The van der Waals surface area contributed by atoms with Crippen LogP contribution in [0, 0.1) is 0 Å². The van der Waals surface area contributed by atoms with Gasteiger partial charge in [0, 0.05) is 18.9 Å². The second-order valence-electron chi connectivity index (χ2n) is 5.37. The van der Waals surface area contributed by atoms with Gasteiger partial charge in [0.1, 0.15) is 5.69 Å². The van der Waals surface area contributed by atoms with E-state index in [0.29, 0.717) is 11.7 Å². The van der Waals surface area contributed by atoms with Gasteiger partial charge in [-0.1, -0.05) is 53.4 Å². The Hall–Kier alpha value is -2.56. The number of nitrogens with zero attached hydrogens (tertiary/aromatic N) is 4. The predicted octanol–water partition coefficient (Wildman–Crippen LogP) is 2.29. The van der Waals surface area contributed by atoms with E-state index >= 15 is 0 Å². The first kappa shape index (κ1) is 19.2. The number of rotatable bonds is 8. The number of carbonyl (C=O) groups excluding carboxylic acids is 1. The smallest absolute Gasteiger partial charge is 0.277 e. The summed E-state index contributed by atoms with van der Waals surface area (Å²) in [6.45, 7) is 0.603. The van der Waals surface area contributed by atoms with E-state index in [-0.39, 0.29) is 17.8 Å². The molecule has 2 aromatic heterocycles. The third-order valence-corrected chi connectivity index (χ3v) is 5.48. The number of nitrogens with one attached hydrogen (secondary N) is 1. The average Bonchev–Trinajstić information content (AvgIpc) is 3.14. The number of ether oxygens (including phenoxy) is 1. The summed E-state index contributed by atoms with van der Waals surface area (Å²) in [5.74, 6) is 0.326. The number of amides is 1. The van der Waals surface area contributed by atoms with Gasteiger partial charge in [0.05, 0.1) is 13.2 Å². The minimum atomic E-state index is -0.447. The molecule has 0 saturated carbocycles. The van der Waals surface area contributed by atoms with E-state index in [0.717, 1.165) is 10.1 Å². The molecule has 10 heteroatoms. The zero-order valence-electron chi connectivity index (χ0n) is 14.5. The van der Waals surface area contributed by atoms with Crippen molar-refractivity contribution in [3.05, 3.63) is 64.1 Å². The topological polar surface area (TPSA) is 99.0 Å². The molecule has 3 rings (SSSR count). The van der Waals surface area contributed by atoms with Crippen LogP contribution >= 0.6 is 23.1 Å². The van der Waals surface area contributed by atoms with Crippen molar-refractivity contribution >= 4 is 34.1 Å². The fraction of sp³-hybridized carbons (Fsp3) is 0.235. The number of benzene rings is 1. The summed E-state index contributed by atoms with van der Waals surface area (Å²) in [6, 6.07) is 12.7. The quantitative estimate of drug-likeness (QED) is 0.455. The van der Waals surface area contributed by atoms with Crippen LogP contribution in [0.1, 0.15) is 16.1 Å². The number of hydrogen-bond donors (Lipinski definition) is 1. The van der Waals surface area contributed by atoms with Crippen molar-refractivity contribution in [1.82, 2.24) is 20.0 Å². The van der Waals surface area contributed by atoms with Gasteiger partial charge >= 0.3 is 0 Å². The number of anilines is 1. The van der Waals surface area contributed by atoms with Gasteiger partial charge in [-0.05, 0) is 11.6 Å². The Morgan fingerprint density at radius 2 is 2.04 bits per heavy atom. The van der Waals surface area contributed by atoms with E-state index in [1.54, 1.807) is 11.8 Å². The zero-order chi connectivity index (χ0) is 19.1. The lowest BCUT2D eigenvalue weighted by Crippen LogP contribution is -2.27. The molecule has 2 heterocycles. The molecule has 0 radical (unpaired) electrons. The Bertz CT molecular complexity index is 958. The van der Waals surface area contributed by atoms with E-state index in [1.807, 2.05) is 30.3 Å². The number of hydrogen-bond acceptors (Lipinski definition) is 8. The highest BCUT2D eigenvalue weighted by Crippen LogP contribution is 2.28. The zero-order valence-corrected chi connectivity index (χ0v) is 16.1. The van der Waals surface area contributed by atoms with Gasteiger partial charge in [-0.2, -0.15) is 5.10 Å². The molecule has 27 heavy (non-hydrogen) atoms. The van der Waals surface area contributed by atoms with Crippen LogP contribution in [0.3, 0.4) is 0 Å². The SMILES string of the molecule is COCCn1nc(C(=O)Nc2nnc(SCc3ccccc3)s2)ccc1=O. The summed E-state index contributed by atoms with van der Waals surface area (Å²) in [5, 5.41) is 15.2. The number of thioether (sulfide) groups is 1. The maximum absolute atomic E-state index is 12.4. The molecule has 0 aliphatic heterocycles. The minimum Gasteiger partial charge on any atom is -0.383 e. The van der Waals surface area contributed by atoms with E-state index in [2.05, 4.69) is 20.6 Å². The molecular weight excluding hydrogens is 386 g/mol. The summed E-state index contributed by atoms with van der Waals surface area (Å²) in [5.41, 5.74) is 1.02. The molecule has 1 aromatic carbocycles. The molecule has 0 fully saturated rings. The van der Waals surface area contributed by atoms with E-state index in [9.17, 15) is 9.59 Å². The van der Waals surface area contributed by atoms with Gasteiger partial charge < -0.3 is 4.74 Å². The van der Waals surface area contributed by atoms with Crippen LogP contribution in [0.5, 0.6) is 0 Å². The second-order valence-corrected chi connectivity index (χ2v) is 7.57. The highest BCUT2D eigenvalue weighted by molar-refractivity contribution is 8.00. The van der Waals surface area contributed by atoms with Crippen molar-refractivity contribution in [1.29, 1.82) is 0 Å². The van der Waals surface area contributed by atoms with E-state index in [4.69, 9.17) is 4.74 Å². The summed E-state index contributed by atoms with van der Waals surface area (Å²) in [4.78, 5) is 24.1. The molecule has 0 saturated heterocycles. The van der Waals surface area contributed by atoms with Crippen LogP contribution in [0.25, 0.3) is 0 Å². The molecule has 3 aromatic rings. The fourth-order valence-electron chi connectivity index (χ4n) is 2.11. The van der Waals surface area contributed by atoms with Crippen molar-refractivity contribution in [3.63, 3.8) is 0 Å². The molecule has 0 spiro atoms. The molecule has 1 amide bonds. The first-order chi connectivity index (χ1) is 13.2. The third-order valence-electron chi connectivity index (χ3n) is 3.44. The average molecular weight is 403 g/mol. The largest absolute Gasteiger partial charge is 0.383 e. The van der Waals surface area contributed by atoms with Crippen LogP contribution in [0.2, 0.25) is 0 Å². The summed E-state index contributed by atoms with van der Waals surface area (Å²) in [6.07, 6.45) is 0. The standard InChI is InChI=1S/C17H17N5O3S2/c1-25-10-9-22-14(23)8-7-13(21-22)15(24)18-16-19-20-17(27-16)26-11-12-5-3-2-4-6-12/h2-8H,9-11H2,1H3,(H,18,19,24). The highest BCUT2D eigenvalue weighted by atomic mass is 32.2. The molecule has 8 nitrogen and oxygen atoms in total. The minimum absolute atomic E-state index is 0.124. The Morgan fingerprint density at radius 3 is 2.81 bits per heavy atom. The number of carbonyl (C=O) groups is 1. The molecule has 0 unspecified atom stereocenters. The van der Waals surface area contributed by atoms with Gasteiger partial charge in [0.2, 0.25) is 5.13 Å². The van der Waals surface area contributed by atoms with Crippen LogP contribution in [-0.4, -0.2) is 39.6 Å². The maximum atomic E-state index is 12.4. The first-order valence-electron chi connectivity index (χ1n) is 8.04. The number of aromatic nitrogens is 4. The fourth-order valence-corrected chi connectivity index (χ4v) is 3.81. The Balaban J connectivity index is 1.61. The van der Waals surface area contributed by atoms with Crippen LogP contribution < -0.4 is 10.9 Å². The summed E-state index contributed by atoms with van der Waals surface area (Å²) in [7, 11) is 1.53. The Labute approximate surface area is 163 Å². The van der Waals surface area contributed by atoms with Crippen molar-refractivity contribution in [2.45, 2.75) is 16.6 Å². The molecule has 0 bridgehead atoms. The molecule has 0 aliphatic rings. The summed E-state index contributed by atoms with van der Waals surface area (Å²) >= 11 is 2.84. The normalized spacial score (nSPS) is 10.7. The molecule has 0 aliphatic carbocycles. The lowest BCUT2D eigenvalue weighted by Gasteiger charge is -2.05. The molecule has 140 valence electrons. The first-order valence-corrected chi connectivity index (χ1v) is 9.84. The molecule has 1 N–H and O–H groups in total. The second kappa shape index (κ2) is 9.40. The lowest BCUT2D eigenvalue weighted by molar-refractivity contribution is 0.101. The van der Waals surface area contributed by atoms with Crippen LogP contribution in [-0.2, 0) is 17.0 Å². The molecular formula is C17H17N5O3S2. The van der Waals surface area contributed by atoms with E-state index in [1.165, 1.54) is 40.8 Å². The molecule has 0 atom stereocenters. The Kier molecular flexibility index (Phi) is 6.69. The summed E-state index contributed by atoms with van der Waals surface area (Å²) < 4.78 is 6.89. The van der Waals surface area contributed by atoms with Crippen LogP contribution in [0.15, 0.2) is 51.6 Å². The van der Waals surface area contributed by atoms with Gasteiger partial charge in [-0.3, -0.25) is 14.9 Å². The van der Waals surface area contributed by atoms with Crippen LogP contribution in [0.4, 0.5) is 5.13 Å².